The van der Waals surface area contributed by atoms with Gasteiger partial charge in [-0.25, -0.2) is 4.79 Å². The molecule has 0 aromatic rings. The van der Waals surface area contributed by atoms with Crippen LogP contribution < -0.4 is 5.32 Å². The lowest BCUT2D eigenvalue weighted by Gasteiger charge is -2.32. The number of carbonyl (C=O) groups excluding carboxylic acids is 2. The summed E-state index contributed by atoms with van der Waals surface area (Å²) in [6.07, 6.45) is 13.4. The van der Waals surface area contributed by atoms with Gasteiger partial charge in [0.2, 0.25) is 5.91 Å². The Morgan fingerprint density at radius 1 is 1.25 bits per heavy atom. The summed E-state index contributed by atoms with van der Waals surface area (Å²) in [6, 6.07) is -2.31. The number of nitrogens with zero attached hydrogens (tertiary/aromatic N) is 1. The van der Waals surface area contributed by atoms with Crippen molar-refractivity contribution in [1.29, 1.82) is 0 Å². The van der Waals surface area contributed by atoms with Gasteiger partial charge in [0.1, 0.15) is 18.7 Å². The van der Waals surface area contributed by atoms with Crippen molar-refractivity contribution >= 4 is 41.4 Å². The van der Waals surface area contributed by atoms with Gasteiger partial charge >= 0.3 is 11.9 Å². The molecule has 36 heavy (non-hydrogen) atoms. The van der Waals surface area contributed by atoms with E-state index in [1.807, 2.05) is 54.8 Å². The van der Waals surface area contributed by atoms with Crippen molar-refractivity contribution < 1.29 is 29.0 Å². The van der Waals surface area contributed by atoms with Crippen molar-refractivity contribution in [3.8, 4) is 0 Å². The first-order valence-corrected chi connectivity index (χ1v) is 14.7. The molecule has 2 heterocycles. The predicted octanol–water partition coefficient (Wildman–Crippen LogP) is 3.39. The average molecular weight is 539 g/mol. The van der Waals surface area contributed by atoms with Gasteiger partial charge in [-0.05, 0) is 51.0 Å². The number of nitrogens with one attached hydrogen (secondary N) is 1. The van der Waals surface area contributed by atoms with Gasteiger partial charge in [0.25, 0.3) is 0 Å². The highest BCUT2D eigenvalue weighted by atomic mass is 32.2. The van der Waals surface area contributed by atoms with Crippen LogP contribution in [-0.4, -0.2) is 87.9 Å². The van der Waals surface area contributed by atoms with Crippen molar-refractivity contribution in [2.24, 2.45) is 0 Å². The average Bonchev–Trinajstić information content (AvgIpc) is 3.03. The molecule has 0 aromatic heterocycles. The number of ether oxygens (including phenoxy) is 2. The first-order chi connectivity index (χ1) is 17.3. The number of hydrogen-bond acceptors (Lipinski definition) is 8. The Morgan fingerprint density at radius 2 is 2.03 bits per heavy atom. The molecule has 2 aliphatic heterocycles. The summed E-state index contributed by atoms with van der Waals surface area (Å²) in [6.45, 7) is 5.00. The number of carboxylic acids is 1. The molecular weight excluding hydrogens is 500 g/mol. The Bertz CT molecular complexity index is 868. The maximum absolute atomic E-state index is 13.6. The molecule has 3 atom stereocenters. The summed E-state index contributed by atoms with van der Waals surface area (Å²) in [7, 11) is 0. The Balaban J connectivity index is 1.65. The fourth-order valence-corrected chi connectivity index (χ4v) is 7.92. The molecule has 1 aliphatic carbocycles. The summed E-state index contributed by atoms with van der Waals surface area (Å²) in [5, 5.41) is 12.8. The van der Waals surface area contributed by atoms with Crippen LogP contribution in [0.15, 0.2) is 36.0 Å². The van der Waals surface area contributed by atoms with E-state index in [9.17, 15) is 19.5 Å². The number of allylic oxidation sites excluding steroid dienone is 6. The largest absolute Gasteiger partial charge is 0.480 e. The predicted molar refractivity (Wildman–Crippen MR) is 144 cm³/mol. The molecule has 10 heteroatoms. The molecule has 3 aliphatic rings. The molecule has 0 aromatic carbocycles. The molecule has 2 fully saturated rings. The smallest absolute Gasteiger partial charge is 0.329 e. The zero-order valence-corrected chi connectivity index (χ0v) is 22.8. The molecule has 1 amide bonds. The van der Waals surface area contributed by atoms with E-state index in [4.69, 9.17) is 9.47 Å². The Hall–Kier alpha value is -1.75. The Kier molecular flexibility index (Phi) is 11.4. The molecule has 3 rings (SSSR count). The number of thioether (sulfide) groups is 2. The van der Waals surface area contributed by atoms with Gasteiger partial charge in [-0.1, -0.05) is 36.0 Å². The standard InChI is InChI=1S/C26H38N2O6S2/c1-3-33-13-14-34-25(32)22-17-26(35-15-8-16-36-26)18-28(22)23(29)19(2)27-21(24(30)31)12-11-20-9-6-4-5-7-10-20/h4-6,9-10,19,21-22,27H,3,7-8,11-18H2,1-2H3,(H,30,31). The molecule has 0 bridgehead atoms. The van der Waals surface area contributed by atoms with E-state index in [2.05, 4.69) is 11.4 Å². The number of aliphatic carboxylic acids is 1. The highest BCUT2D eigenvalue weighted by Crippen LogP contribution is 2.50. The van der Waals surface area contributed by atoms with Gasteiger partial charge < -0.3 is 19.5 Å². The first-order valence-electron chi connectivity index (χ1n) is 12.7. The number of likely N-dealkylation sites (tertiary alicyclic amines) is 1. The van der Waals surface area contributed by atoms with Crippen molar-refractivity contribution in [2.75, 3.05) is 37.9 Å². The van der Waals surface area contributed by atoms with Gasteiger partial charge in [0, 0.05) is 19.6 Å². The van der Waals surface area contributed by atoms with Gasteiger partial charge in [-0.2, -0.15) is 0 Å². The van der Waals surface area contributed by atoms with Crippen molar-refractivity contribution in [1.82, 2.24) is 10.2 Å². The van der Waals surface area contributed by atoms with E-state index in [-0.39, 0.29) is 16.6 Å². The number of carboxylic acid groups (broad SMARTS) is 1. The molecule has 2 saturated heterocycles. The molecule has 3 unspecified atom stereocenters. The van der Waals surface area contributed by atoms with E-state index < -0.39 is 30.1 Å². The highest BCUT2D eigenvalue weighted by Gasteiger charge is 2.51. The summed E-state index contributed by atoms with van der Waals surface area (Å²) in [5.41, 5.74) is 1.08. The molecule has 2 N–H and O–H groups in total. The van der Waals surface area contributed by atoms with Gasteiger partial charge in [-0.3, -0.25) is 14.9 Å². The Morgan fingerprint density at radius 3 is 2.75 bits per heavy atom. The number of esters is 1. The molecule has 0 saturated carbocycles. The zero-order valence-electron chi connectivity index (χ0n) is 21.1. The molecular formula is C26H38N2O6S2. The first kappa shape index (κ1) is 28.8. The maximum Gasteiger partial charge on any atom is 0.329 e. The van der Waals surface area contributed by atoms with Crippen LogP contribution in [0.4, 0.5) is 0 Å². The third-order valence-corrected chi connectivity index (χ3v) is 9.79. The number of carbonyl (C=O) groups is 3. The summed E-state index contributed by atoms with van der Waals surface area (Å²) >= 11 is 3.62. The normalized spacial score (nSPS) is 22.7. The summed E-state index contributed by atoms with van der Waals surface area (Å²) in [4.78, 5) is 40.1. The zero-order chi connectivity index (χ0) is 26.0. The van der Waals surface area contributed by atoms with Gasteiger partial charge in [0.15, 0.2) is 0 Å². The molecule has 1 spiro atoms. The van der Waals surface area contributed by atoms with E-state index in [0.717, 1.165) is 29.9 Å². The lowest BCUT2D eigenvalue weighted by atomic mass is 10.0. The van der Waals surface area contributed by atoms with Crippen LogP contribution in [0.25, 0.3) is 0 Å². The summed E-state index contributed by atoms with van der Waals surface area (Å²) < 4.78 is 10.5. The minimum Gasteiger partial charge on any atom is -0.480 e. The van der Waals surface area contributed by atoms with Gasteiger partial charge in [-0.15, -0.1) is 23.5 Å². The topological polar surface area (TPSA) is 105 Å². The van der Waals surface area contributed by atoms with Crippen molar-refractivity contribution in [2.45, 2.75) is 68.2 Å². The van der Waals surface area contributed by atoms with E-state index >= 15 is 0 Å². The van der Waals surface area contributed by atoms with Crippen LogP contribution in [0.1, 0.15) is 46.0 Å². The van der Waals surface area contributed by atoms with E-state index in [1.165, 1.54) is 0 Å². The third kappa shape index (κ3) is 8.13. The lowest BCUT2D eigenvalue weighted by molar-refractivity contribution is -0.155. The van der Waals surface area contributed by atoms with Crippen LogP contribution in [0, 0.1) is 0 Å². The van der Waals surface area contributed by atoms with Crippen molar-refractivity contribution in [3.05, 3.63) is 36.0 Å². The van der Waals surface area contributed by atoms with E-state index in [0.29, 0.717) is 39.0 Å². The van der Waals surface area contributed by atoms with Crippen LogP contribution >= 0.6 is 23.5 Å². The lowest BCUT2D eigenvalue weighted by Crippen LogP contribution is -2.53. The number of amides is 1. The van der Waals surface area contributed by atoms with Crippen LogP contribution in [-0.2, 0) is 23.9 Å². The van der Waals surface area contributed by atoms with Crippen LogP contribution in [0.5, 0.6) is 0 Å². The minimum atomic E-state index is -0.992. The Labute approximate surface area is 222 Å². The molecule has 8 nitrogen and oxygen atoms in total. The monoisotopic (exact) mass is 538 g/mol. The fraction of sp³-hybridized carbons (Fsp3) is 0.654. The second kappa shape index (κ2) is 14.3. The molecule has 200 valence electrons. The number of hydrogen-bond donors (Lipinski definition) is 2. The highest BCUT2D eigenvalue weighted by molar-refractivity contribution is 8.18. The van der Waals surface area contributed by atoms with Crippen molar-refractivity contribution in [3.63, 3.8) is 0 Å². The quantitative estimate of drug-likeness (QED) is 0.286. The third-order valence-electron chi connectivity index (χ3n) is 6.46. The second-order valence-electron chi connectivity index (χ2n) is 9.13. The fourth-order valence-electron chi connectivity index (χ4n) is 4.57. The number of rotatable bonds is 12. The van der Waals surface area contributed by atoms with E-state index in [1.54, 1.807) is 11.8 Å². The SMILES string of the molecule is CCOCCOC(=O)C1CC2(CN1C(=O)C(C)NC(CCC1=CCC=CC=C1)C(=O)O)SCCCS2. The van der Waals surface area contributed by atoms with Crippen LogP contribution in [0.3, 0.4) is 0 Å². The maximum atomic E-state index is 13.6. The van der Waals surface area contributed by atoms with Gasteiger partial charge in [0.05, 0.1) is 16.7 Å². The second-order valence-corrected chi connectivity index (χ2v) is 12.3. The van der Waals surface area contributed by atoms with Crippen LogP contribution in [0.2, 0.25) is 0 Å². The molecule has 0 radical (unpaired) electrons. The summed E-state index contributed by atoms with van der Waals surface area (Å²) in [5.74, 6) is 0.309. The minimum absolute atomic E-state index is 0.146.